The Hall–Kier alpha value is -2.98. The summed E-state index contributed by atoms with van der Waals surface area (Å²) < 4.78 is 38.4. The van der Waals surface area contributed by atoms with Crippen LogP contribution in [0.5, 0.6) is 0 Å². The van der Waals surface area contributed by atoms with Crippen LogP contribution in [-0.2, 0) is 28.9 Å². The van der Waals surface area contributed by atoms with Crippen molar-refractivity contribution < 1.29 is 22.8 Å². The molecular formula is C25H25F3N4O2S. The van der Waals surface area contributed by atoms with E-state index in [2.05, 4.69) is 33.3 Å². The van der Waals surface area contributed by atoms with Crippen molar-refractivity contribution in [2.24, 2.45) is 0 Å². The minimum atomic E-state index is -4.33. The fourth-order valence-corrected chi connectivity index (χ4v) is 5.37. The number of hydrogen-bond donors (Lipinski definition) is 1. The lowest BCUT2D eigenvalue weighted by atomic mass is 10.0. The molecule has 3 aliphatic heterocycles. The molecule has 0 saturated carbocycles. The summed E-state index contributed by atoms with van der Waals surface area (Å²) in [5, 5.41) is 2.40. The van der Waals surface area contributed by atoms with Crippen LogP contribution in [0.25, 0.3) is 0 Å². The summed E-state index contributed by atoms with van der Waals surface area (Å²) in [5.74, 6) is -0.530. The number of alkyl halides is 3. The predicted molar refractivity (Wildman–Crippen MR) is 129 cm³/mol. The molecule has 3 aliphatic rings. The number of amides is 2. The molecule has 2 amide bonds. The number of halogens is 3. The van der Waals surface area contributed by atoms with Gasteiger partial charge in [-0.2, -0.15) is 13.2 Å². The Balaban J connectivity index is 1.19. The van der Waals surface area contributed by atoms with Gasteiger partial charge in [-0.1, -0.05) is 24.4 Å². The first-order chi connectivity index (χ1) is 16.7. The van der Waals surface area contributed by atoms with Crippen molar-refractivity contribution in [3.8, 4) is 0 Å². The number of hydrogen-bond acceptors (Lipinski definition) is 5. The molecule has 0 aromatic heterocycles. The summed E-state index contributed by atoms with van der Waals surface area (Å²) in [6.45, 7) is 4.37. The van der Waals surface area contributed by atoms with E-state index in [1.54, 1.807) is 0 Å². The molecule has 0 radical (unpaired) electrons. The highest BCUT2D eigenvalue weighted by Crippen LogP contribution is 2.31. The molecule has 0 aliphatic carbocycles. The second kappa shape index (κ2) is 9.23. The number of piperazine rings is 1. The van der Waals surface area contributed by atoms with E-state index in [1.807, 2.05) is 4.90 Å². The quantitative estimate of drug-likeness (QED) is 0.512. The number of nitrogens with one attached hydrogen (secondary N) is 1. The number of carbonyl (C=O) groups is 2. The van der Waals surface area contributed by atoms with E-state index >= 15 is 0 Å². The Bertz CT molecular complexity index is 1160. The van der Waals surface area contributed by atoms with Gasteiger partial charge in [0.2, 0.25) is 11.8 Å². The van der Waals surface area contributed by atoms with Gasteiger partial charge in [-0.25, -0.2) is 0 Å². The number of benzene rings is 2. The van der Waals surface area contributed by atoms with E-state index in [0.29, 0.717) is 24.4 Å². The van der Waals surface area contributed by atoms with Crippen LogP contribution in [0.3, 0.4) is 0 Å². The van der Waals surface area contributed by atoms with Gasteiger partial charge in [-0.15, -0.1) is 0 Å². The number of imide groups is 1. The standard InChI is InChI=1S/C25H25F3N4O2S/c26-25(27,28)18-3-5-19(6-4-18)31-11-9-30(10-12-31)14-16-1-2-17-15-32(24(35)20(17)13-16)21-7-8-22(33)29-23(21)34/h1-6,13,21H,7-12,14-15H2,(H,29,33,34). The lowest BCUT2D eigenvalue weighted by Crippen LogP contribution is -2.52. The maximum atomic E-state index is 12.8. The first-order valence-corrected chi connectivity index (χ1v) is 12.0. The second-order valence-corrected chi connectivity index (χ2v) is 9.59. The van der Waals surface area contributed by atoms with Crippen molar-refractivity contribution in [3.05, 3.63) is 64.7 Å². The van der Waals surface area contributed by atoms with E-state index in [9.17, 15) is 22.8 Å². The minimum Gasteiger partial charge on any atom is -0.369 e. The number of nitrogens with zero attached hydrogens (tertiary/aromatic N) is 3. The van der Waals surface area contributed by atoms with Gasteiger partial charge in [0.25, 0.3) is 0 Å². The number of rotatable bonds is 4. The lowest BCUT2D eigenvalue weighted by molar-refractivity contribution is -0.138. The van der Waals surface area contributed by atoms with Crippen molar-refractivity contribution >= 4 is 34.7 Å². The molecule has 1 unspecified atom stereocenters. The molecule has 2 aromatic rings. The maximum absolute atomic E-state index is 12.8. The van der Waals surface area contributed by atoms with Crippen LogP contribution in [0, 0.1) is 0 Å². The van der Waals surface area contributed by atoms with Crippen LogP contribution in [0.2, 0.25) is 0 Å². The van der Waals surface area contributed by atoms with Crippen LogP contribution in [0.1, 0.15) is 35.1 Å². The molecule has 6 nitrogen and oxygen atoms in total. The highest BCUT2D eigenvalue weighted by molar-refractivity contribution is 7.80. The molecule has 1 atom stereocenters. The Labute approximate surface area is 206 Å². The Kier molecular flexibility index (Phi) is 6.27. The fraction of sp³-hybridized carbons (Fsp3) is 0.400. The largest absolute Gasteiger partial charge is 0.416 e. The molecule has 35 heavy (non-hydrogen) atoms. The topological polar surface area (TPSA) is 55.9 Å². The first kappa shape index (κ1) is 23.7. The predicted octanol–water partition coefficient (Wildman–Crippen LogP) is 3.32. The molecule has 5 rings (SSSR count). The van der Waals surface area contributed by atoms with E-state index in [0.717, 1.165) is 67.2 Å². The lowest BCUT2D eigenvalue weighted by Gasteiger charge is -2.36. The fourth-order valence-electron chi connectivity index (χ4n) is 4.98. The van der Waals surface area contributed by atoms with Gasteiger partial charge in [0.1, 0.15) is 11.0 Å². The van der Waals surface area contributed by atoms with Crippen LogP contribution >= 0.6 is 12.2 Å². The van der Waals surface area contributed by atoms with Crippen molar-refractivity contribution in [1.82, 2.24) is 15.1 Å². The molecule has 1 N–H and O–H groups in total. The zero-order valence-corrected chi connectivity index (χ0v) is 19.8. The van der Waals surface area contributed by atoms with Crippen molar-refractivity contribution in [1.29, 1.82) is 0 Å². The van der Waals surface area contributed by atoms with Gasteiger partial charge in [0.05, 0.1) is 5.56 Å². The van der Waals surface area contributed by atoms with Crippen LogP contribution in [0.15, 0.2) is 42.5 Å². The molecule has 184 valence electrons. The summed E-state index contributed by atoms with van der Waals surface area (Å²) in [7, 11) is 0. The molecule has 2 fully saturated rings. The Morgan fingerprint density at radius 3 is 2.37 bits per heavy atom. The second-order valence-electron chi connectivity index (χ2n) is 9.20. The normalized spacial score (nSPS) is 21.3. The number of anilines is 1. The summed E-state index contributed by atoms with van der Waals surface area (Å²) in [6, 6.07) is 11.1. The first-order valence-electron chi connectivity index (χ1n) is 11.6. The third-order valence-electron chi connectivity index (χ3n) is 6.93. The molecule has 10 heteroatoms. The van der Waals surface area contributed by atoms with E-state index in [4.69, 9.17) is 12.2 Å². The minimum absolute atomic E-state index is 0.241. The molecule has 2 saturated heterocycles. The summed E-state index contributed by atoms with van der Waals surface area (Å²) in [6.07, 6.45) is -3.54. The molecule has 0 bridgehead atoms. The van der Waals surface area contributed by atoms with Crippen LogP contribution in [-0.4, -0.2) is 58.8 Å². The summed E-state index contributed by atoms with van der Waals surface area (Å²) in [5.41, 5.74) is 3.33. The van der Waals surface area contributed by atoms with E-state index in [1.165, 1.54) is 12.1 Å². The van der Waals surface area contributed by atoms with Crippen molar-refractivity contribution in [2.45, 2.75) is 38.1 Å². The zero-order valence-electron chi connectivity index (χ0n) is 19.0. The molecular weight excluding hydrogens is 477 g/mol. The van der Waals surface area contributed by atoms with Crippen LogP contribution < -0.4 is 10.2 Å². The van der Waals surface area contributed by atoms with Gasteiger partial charge < -0.3 is 9.80 Å². The van der Waals surface area contributed by atoms with E-state index in [-0.39, 0.29) is 11.8 Å². The smallest absolute Gasteiger partial charge is 0.369 e. The monoisotopic (exact) mass is 502 g/mol. The third kappa shape index (κ3) is 4.90. The zero-order chi connectivity index (χ0) is 24.7. The van der Waals surface area contributed by atoms with Crippen molar-refractivity contribution in [3.63, 3.8) is 0 Å². The van der Waals surface area contributed by atoms with E-state index < -0.39 is 17.8 Å². The highest BCUT2D eigenvalue weighted by Gasteiger charge is 2.37. The average molecular weight is 503 g/mol. The Morgan fingerprint density at radius 2 is 1.71 bits per heavy atom. The van der Waals surface area contributed by atoms with Gasteiger partial charge in [0.15, 0.2) is 0 Å². The third-order valence-corrected chi connectivity index (χ3v) is 7.39. The van der Waals surface area contributed by atoms with Gasteiger partial charge in [0, 0.05) is 56.9 Å². The number of carbonyl (C=O) groups excluding carboxylic acids is 2. The van der Waals surface area contributed by atoms with Gasteiger partial charge in [-0.05, 0) is 47.9 Å². The van der Waals surface area contributed by atoms with Crippen molar-refractivity contribution in [2.75, 3.05) is 31.1 Å². The summed E-state index contributed by atoms with van der Waals surface area (Å²) >= 11 is 5.69. The number of thiocarbonyl (C=S) groups is 1. The molecule has 0 spiro atoms. The average Bonchev–Trinajstić information content (AvgIpc) is 3.15. The SMILES string of the molecule is O=C1CCC(N2Cc3ccc(CN4CCN(c5ccc(C(F)(F)F)cc5)CC4)cc3C2=S)C(=O)N1. The van der Waals surface area contributed by atoms with Crippen LogP contribution in [0.4, 0.5) is 18.9 Å². The molecule has 3 heterocycles. The highest BCUT2D eigenvalue weighted by atomic mass is 32.1. The maximum Gasteiger partial charge on any atom is 0.416 e. The summed E-state index contributed by atoms with van der Waals surface area (Å²) in [4.78, 5) is 30.8. The Morgan fingerprint density at radius 1 is 1.00 bits per heavy atom. The number of piperidine rings is 1. The van der Waals surface area contributed by atoms with Gasteiger partial charge >= 0.3 is 6.18 Å². The molecule has 2 aromatic carbocycles. The number of fused-ring (bicyclic) bond motifs is 1. The van der Waals surface area contributed by atoms with Gasteiger partial charge in [-0.3, -0.25) is 19.8 Å².